The number of aromatic nitrogens is 2. The molecule has 2 saturated heterocycles. The number of sulfone groups is 1. The summed E-state index contributed by atoms with van der Waals surface area (Å²) in [5.41, 5.74) is -0.533. The molecule has 2 aliphatic rings. The van der Waals surface area contributed by atoms with Crippen LogP contribution in [0.5, 0.6) is 0 Å². The van der Waals surface area contributed by atoms with Crippen molar-refractivity contribution >= 4 is 28.3 Å². The van der Waals surface area contributed by atoms with Crippen molar-refractivity contribution in [2.45, 2.75) is 81.9 Å². The Morgan fingerprint density at radius 3 is 2.38 bits per heavy atom. The number of hydrogen-bond donors (Lipinski definition) is 2. The second-order valence-corrected chi connectivity index (χ2v) is 11.4. The van der Waals surface area contributed by atoms with Gasteiger partial charge in [-0.05, 0) is 53.4 Å². The van der Waals surface area contributed by atoms with Gasteiger partial charge < -0.3 is 24.4 Å². The zero-order chi connectivity index (χ0) is 23.7. The van der Waals surface area contributed by atoms with Crippen molar-refractivity contribution in [3.05, 3.63) is 12.4 Å². The maximum atomic E-state index is 12.8. The van der Waals surface area contributed by atoms with Crippen LogP contribution in [0.4, 0.5) is 0 Å². The monoisotopic (exact) mass is 469 g/mol. The van der Waals surface area contributed by atoms with Crippen LogP contribution in [-0.2, 0) is 23.9 Å². The normalized spacial score (nSPS) is 23.9. The standard InChI is InChI=1S/C20H32BN3O7S/c1-19(2)20(3,4)31-21(30-19)14-11-22-18(23-12-14)32(28,29)10-8-15-7-5-6-9-24(15)17(27)16(26)13-25/h11-12,15-16,25-26H,5-10,13H2,1-4H3/t15-,16+/m0/s1. The molecule has 0 radical (unpaired) electrons. The zero-order valence-corrected chi connectivity index (χ0v) is 19.8. The first-order valence-electron chi connectivity index (χ1n) is 10.9. The van der Waals surface area contributed by atoms with Crippen molar-refractivity contribution in [2.75, 3.05) is 18.9 Å². The van der Waals surface area contributed by atoms with E-state index in [-0.39, 0.29) is 23.4 Å². The summed E-state index contributed by atoms with van der Waals surface area (Å²) < 4.78 is 37.5. The number of nitrogens with zero attached hydrogens (tertiary/aromatic N) is 3. The van der Waals surface area contributed by atoms with Crippen LogP contribution in [0.25, 0.3) is 0 Å². The molecule has 1 amide bonds. The summed E-state index contributed by atoms with van der Waals surface area (Å²) in [7, 11) is -4.46. The Labute approximate surface area is 189 Å². The van der Waals surface area contributed by atoms with Crippen LogP contribution >= 0.6 is 0 Å². The van der Waals surface area contributed by atoms with E-state index in [4.69, 9.17) is 14.4 Å². The molecule has 1 aromatic heterocycles. The largest absolute Gasteiger partial charge is 0.498 e. The Kier molecular flexibility index (Phi) is 7.31. The second-order valence-electron chi connectivity index (χ2n) is 9.37. The summed E-state index contributed by atoms with van der Waals surface area (Å²) in [5, 5.41) is 18.5. The van der Waals surface area contributed by atoms with Gasteiger partial charge in [-0.25, -0.2) is 18.4 Å². The summed E-state index contributed by atoms with van der Waals surface area (Å²) in [5.74, 6) is -0.801. The highest BCUT2D eigenvalue weighted by atomic mass is 32.2. The van der Waals surface area contributed by atoms with Gasteiger partial charge in [-0.2, -0.15) is 0 Å². The summed E-state index contributed by atoms with van der Waals surface area (Å²) in [6, 6.07) is -0.323. The lowest BCUT2D eigenvalue weighted by Gasteiger charge is -2.36. The van der Waals surface area contributed by atoms with Gasteiger partial charge in [0.05, 0.1) is 23.6 Å². The van der Waals surface area contributed by atoms with Crippen molar-refractivity contribution in [3.63, 3.8) is 0 Å². The Morgan fingerprint density at radius 2 is 1.81 bits per heavy atom. The maximum absolute atomic E-state index is 12.8. The van der Waals surface area contributed by atoms with E-state index in [2.05, 4.69) is 9.97 Å². The molecule has 10 nitrogen and oxygen atoms in total. The molecule has 0 spiro atoms. The fraction of sp³-hybridized carbons (Fsp3) is 0.750. The number of carbonyl (C=O) groups excluding carboxylic acids is 1. The Balaban J connectivity index is 1.66. The lowest BCUT2D eigenvalue weighted by atomic mass is 9.81. The van der Waals surface area contributed by atoms with Gasteiger partial charge in [-0.1, -0.05) is 0 Å². The second kappa shape index (κ2) is 9.34. The predicted molar refractivity (Wildman–Crippen MR) is 117 cm³/mol. The van der Waals surface area contributed by atoms with Crippen LogP contribution in [-0.4, -0.2) is 88.8 Å². The molecule has 178 valence electrons. The number of likely N-dealkylation sites (tertiary alicyclic amines) is 1. The molecule has 0 saturated carbocycles. The van der Waals surface area contributed by atoms with Gasteiger partial charge in [0.15, 0.2) is 6.10 Å². The number of aliphatic hydroxyl groups excluding tert-OH is 2. The fourth-order valence-corrected chi connectivity index (χ4v) is 5.02. The Morgan fingerprint density at radius 1 is 1.22 bits per heavy atom. The molecular formula is C20H32BN3O7S. The molecule has 12 heteroatoms. The highest BCUT2D eigenvalue weighted by Gasteiger charge is 2.52. The molecule has 0 bridgehead atoms. The SMILES string of the molecule is CC1(C)OB(c2cnc(S(=O)(=O)CC[C@@H]3CCCCN3C(=O)[C@H](O)CO)nc2)OC1(C)C. The average molecular weight is 469 g/mol. The average Bonchev–Trinajstić information content (AvgIpc) is 2.98. The van der Waals surface area contributed by atoms with E-state index in [1.165, 1.54) is 17.3 Å². The van der Waals surface area contributed by atoms with Crippen molar-refractivity contribution in [2.24, 2.45) is 0 Å². The minimum atomic E-state index is -3.77. The molecular weight excluding hydrogens is 437 g/mol. The van der Waals surface area contributed by atoms with Crippen molar-refractivity contribution in [1.82, 2.24) is 14.9 Å². The Hall–Kier alpha value is -1.60. The topological polar surface area (TPSA) is 139 Å². The molecule has 0 aromatic carbocycles. The highest BCUT2D eigenvalue weighted by Crippen LogP contribution is 2.36. The molecule has 2 atom stereocenters. The van der Waals surface area contributed by atoms with E-state index in [1.807, 2.05) is 27.7 Å². The molecule has 0 aliphatic carbocycles. The summed E-state index contributed by atoms with van der Waals surface area (Å²) in [4.78, 5) is 21.9. The number of aliphatic hydroxyl groups is 2. The third-order valence-corrected chi connectivity index (χ3v) is 8.08. The summed E-state index contributed by atoms with van der Waals surface area (Å²) in [6.45, 7) is 7.46. The van der Waals surface area contributed by atoms with Crippen LogP contribution in [0.2, 0.25) is 0 Å². The first-order valence-corrected chi connectivity index (χ1v) is 12.5. The Bertz CT molecular complexity index is 908. The minimum absolute atomic E-state index is 0.203. The van der Waals surface area contributed by atoms with Crippen LogP contribution in [0.1, 0.15) is 53.4 Å². The molecule has 32 heavy (non-hydrogen) atoms. The van der Waals surface area contributed by atoms with E-state index in [1.54, 1.807) is 0 Å². The van der Waals surface area contributed by atoms with Gasteiger partial charge in [0.25, 0.3) is 5.91 Å². The van der Waals surface area contributed by atoms with Gasteiger partial charge in [0, 0.05) is 30.4 Å². The molecule has 3 heterocycles. The van der Waals surface area contributed by atoms with Gasteiger partial charge in [-0.3, -0.25) is 4.79 Å². The number of amides is 1. The lowest BCUT2D eigenvalue weighted by Crippen LogP contribution is -2.49. The molecule has 2 N–H and O–H groups in total. The van der Waals surface area contributed by atoms with Crippen LogP contribution in [0.3, 0.4) is 0 Å². The quantitative estimate of drug-likeness (QED) is 0.406. The summed E-state index contributed by atoms with van der Waals surface area (Å²) >= 11 is 0. The fourth-order valence-electron chi connectivity index (χ4n) is 3.83. The molecule has 1 aromatic rings. The van der Waals surface area contributed by atoms with Gasteiger partial charge in [0.1, 0.15) is 0 Å². The van der Waals surface area contributed by atoms with Crippen molar-refractivity contribution in [3.8, 4) is 0 Å². The van der Waals surface area contributed by atoms with Gasteiger partial charge in [0.2, 0.25) is 15.0 Å². The maximum Gasteiger partial charge on any atom is 0.498 e. The van der Waals surface area contributed by atoms with Crippen molar-refractivity contribution in [1.29, 1.82) is 0 Å². The third-order valence-electron chi connectivity index (χ3n) is 6.54. The van der Waals surface area contributed by atoms with E-state index in [0.717, 1.165) is 12.8 Å². The number of hydrogen-bond acceptors (Lipinski definition) is 9. The third kappa shape index (κ3) is 5.14. The van der Waals surface area contributed by atoms with Crippen LogP contribution in [0, 0.1) is 0 Å². The van der Waals surface area contributed by atoms with Crippen LogP contribution < -0.4 is 5.46 Å². The highest BCUT2D eigenvalue weighted by molar-refractivity contribution is 7.91. The van der Waals surface area contributed by atoms with E-state index in [9.17, 15) is 18.3 Å². The molecule has 3 rings (SSSR count). The van der Waals surface area contributed by atoms with Crippen LogP contribution in [0.15, 0.2) is 17.6 Å². The van der Waals surface area contributed by atoms with E-state index >= 15 is 0 Å². The molecule has 0 unspecified atom stereocenters. The van der Waals surface area contributed by atoms with Gasteiger partial charge in [-0.15, -0.1) is 0 Å². The number of carbonyl (C=O) groups is 1. The zero-order valence-electron chi connectivity index (χ0n) is 19.0. The number of piperidine rings is 1. The molecule has 2 fully saturated rings. The van der Waals surface area contributed by atoms with E-state index in [0.29, 0.717) is 18.4 Å². The van der Waals surface area contributed by atoms with E-state index < -0.39 is 46.8 Å². The molecule has 2 aliphatic heterocycles. The minimum Gasteiger partial charge on any atom is -0.399 e. The van der Waals surface area contributed by atoms with Crippen molar-refractivity contribution < 1.29 is 32.7 Å². The van der Waals surface area contributed by atoms with Gasteiger partial charge >= 0.3 is 7.12 Å². The summed E-state index contributed by atoms with van der Waals surface area (Å²) in [6.07, 6.45) is 3.79. The first kappa shape index (κ1) is 25.0. The predicted octanol–water partition coefficient (Wildman–Crippen LogP) is -0.326. The number of rotatable bonds is 7. The smallest absolute Gasteiger partial charge is 0.399 e. The lowest BCUT2D eigenvalue weighted by molar-refractivity contribution is -0.146. The first-order chi connectivity index (χ1) is 14.9.